The summed E-state index contributed by atoms with van der Waals surface area (Å²) in [4.78, 5) is 15.1. The van der Waals surface area contributed by atoms with E-state index in [-0.39, 0.29) is 6.42 Å². The van der Waals surface area contributed by atoms with Crippen molar-refractivity contribution in [1.29, 1.82) is 0 Å². The molecule has 0 radical (unpaired) electrons. The van der Waals surface area contributed by atoms with Gasteiger partial charge in [0.15, 0.2) is 0 Å². The minimum atomic E-state index is -0.798. The summed E-state index contributed by atoms with van der Waals surface area (Å²) >= 11 is 0. The number of aryl methyl sites for hydroxylation is 1. The van der Waals surface area contributed by atoms with Gasteiger partial charge in [0.05, 0.1) is 6.61 Å². The Labute approximate surface area is 200 Å². The van der Waals surface area contributed by atoms with Gasteiger partial charge in [-0.2, -0.15) is 0 Å². The number of carboxylic acid groups (broad SMARTS) is 1. The molecular formula is C28H31NO5. The maximum atomic E-state index is 10.7. The molecule has 0 saturated carbocycles. The first-order valence-electron chi connectivity index (χ1n) is 11.4. The Morgan fingerprint density at radius 3 is 2.26 bits per heavy atom. The highest BCUT2D eigenvalue weighted by atomic mass is 16.5. The second-order valence-electron chi connectivity index (χ2n) is 7.85. The third-order valence-electron chi connectivity index (χ3n) is 5.41. The maximum absolute atomic E-state index is 10.7. The smallest absolute Gasteiger partial charge is 0.303 e. The molecule has 2 aromatic carbocycles. The number of pyridine rings is 1. The highest BCUT2D eigenvalue weighted by Gasteiger charge is 2.10. The van der Waals surface area contributed by atoms with Crippen LogP contribution in [0.2, 0.25) is 0 Å². The predicted molar refractivity (Wildman–Crippen MR) is 132 cm³/mol. The Hall–Kier alpha value is -3.64. The van der Waals surface area contributed by atoms with Crippen molar-refractivity contribution in [3.05, 3.63) is 95.2 Å². The topological polar surface area (TPSA) is 77.9 Å². The van der Waals surface area contributed by atoms with Crippen molar-refractivity contribution in [3.63, 3.8) is 0 Å². The highest BCUT2D eigenvalue weighted by molar-refractivity contribution is 5.70. The number of hydrogen-bond donors (Lipinski definition) is 1. The van der Waals surface area contributed by atoms with E-state index in [9.17, 15) is 4.79 Å². The van der Waals surface area contributed by atoms with Crippen LogP contribution in [0.25, 0.3) is 5.57 Å². The summed E-state index contributed by atoms with van der Waals surface area (Å²) in [5.41, 5.74) is 5.34. The van der Waals surface area contributed by atoms with Gasteiger partial charge in [-0.1, -0.05) is 49.4 Å². The van der Waals surface area contributed by atoms with E-state index >= 15 is 0 Å². The molecule has 6 heteroatoms. The molecule has 178 valence electrons. The number of ether oxygens (including phenoxy) is 3. The first-order chi connectivity index (χ1) is 16.6. The van der Waals surface area contributed by atoms with E-state index in [2.05, 4.69) is 24.0 Å². The van der Waals surface area contributed by atoms with Crippen LogP contribution in [-0.2, 0) is 22.6 Å². The summed E-state index contributed by atoms with van der Waals surface area (Å²) in [5, 5.41) is 8.78. The fraction of sp³-hybridized carbons (Fsp3) is 0.286. The molecule has 0 atom stereocenters. The van der Waals surface area contributed by atoms with Crippen LogP contribution in [0.1, 0.15) is 36.5 Å². The minimum Gasteiger partial charge on any atom is -0.489 e. The summed E-state index contributed by atoms with van der Waals surface area (Å²) in [5.74, 6) is 0.475. The summed E-state index contributed by atoms with van der Waals surface area (Å²) in [7, 11) is 1.70. The van der Waals surface area contributed by atoms with E-state index in [4.69, 9.17) is 19.3 Å². The fourth-order valence-electron chi connectivity index (χ4n) is 3.50. The second-order valence-corrected chi connectivity index (χ2v) is 7.85. The first-order valence-corrected chi connectivity index (χ1v) is 11.4. The normalized spacial score (nSPS) is 11.6. The van der Waals surface area contributed by atoms with Gasteiger partial charge in [-0.3, -0.25) is 4.79 Å². The van der Waals surface area contributed by atoms with Crippen molar-refractivity contribution in [2.24, 2.45) is 0 Å². The molecule has 34 heavy (non-hydrogen) atoms. The number of hydrogen-bond acceptors (Lipinski definition) is 5. The van der Waals surface area contributed by atoms with Crippen LogP contribution < -0.4 is 9.47 Å². The minimum absolute atomic E-state index is 0.120. The van der Waals surface area contributed by atoms with Gasteiger partial charge in [-0.25, -0.2) is 4.98 Å². The van der Waals surface area contributed by atoms with Gasteiger partial charge in [0.25, 0.3) is 0 Å². The van der Waals surface area contributed by atoms with Crippen LogP contribution in [0.3, 0.4) is 0 Å². The molecule has 0 fully saturated rings. The van der Waals surface area contributed by atoms with E-state index in [1.807, 2.05) is 54.6 Å². The number of carbonyl (C=O) groups is 1. The monoisotopic (exact) mass is 461 g/mol. The summed E-state index contributed by atoms with van der Waals surface area (Å²) < 4.78 is 17.2. The quantitative estimate of drug-likeness (QED) is 0.359. The van der Waals surface area contributed by atoms with Gasteiger partial charge in [0.2, 0.25) is 5.88 Å². The van der Waals surface area contributed by atoms with Crippen molar-refractivity contribution < 1.29 is 24.1 Å². The van der Waals surface area contributed by atoms with Crippen LogP contribution >= 0.6 is 0 Å². The van der Waals surface area contributed by atoms with Crippen LogP contribution in [0.4, 0.5) is 0 Å². The highest BCUT2D eigenvalue weighted by Crippen LogP contribution is 2.23. The van der Waals surface area contributed by atoms with Crippen LogP contribution in [-0.4, -0.2) is 36.4 Å². The number of nitrogens with zero attached hydrogens (tertiary/aromatic N) is 1. The van der Waals surface area contributed by atoms with Crippen LogP contribution in [0.5, 0.6) is 11.6 Å². The van der Waals surface area contributed by atoms with Gasteiger partial charge in [0, 0.05) is 31.4 Å². The Morgan fingerprint density at radius 1 is 0.912 bits per heavy atom. The molecule has 1 N–H and O–H groups in total. The standard InChI is InChI=1S/C28H31NO5/c1-3-23(19-32-2)26(24-7-5-4-6-8-24)20-34-27-15-11-22(17-29-27)18-33-25-13-9-21(10-14-25)12-16-28(30)31/h4-11,13-15,17H,3,12,16,18-20H2,1-2H3,(H,30,31). The zero-order valence-electron chi connectivity index (χ0n) is 19.7. The molecule has 0 bridgehead atoms. The lowest BCUT2D eigenvalue weighted by Crippen LogP contribution is -2.08. The molecule has 0 aliphatic carbocycles. The predicted octanol–water partition coefficient (Wildman–Crippen LogP) is 5.57. The van der Waals surface area contributed by atoms with E-state index in [1.165, 1.54) is 5.57 Å². The summed E-state index contributed by atoms with van der Waals surface area (Å²) in [6.07, 6.45) is 3.26. The van der Waals surface area contributed by atoms with E-state index in [0.717, 1.165) is 34.4 Å². The van der Waals surface area contributed by atoms with Crippen molar-refractivity contribution in [2.45, 2.75) is 32.8 Å². The van der Waals surface area contributed by atoms with Gasteiger partial charge in [-0.05, 0) is 53.3 Å². The zero-order chi connectivity index (χ0) is 24.2. The molecular weight excluding hydrogens is 430 g/mol. The lowest BCUT2D eigenvalue weighted by Gasteiger charge is -2.15. The molecule has 0 saturated heterocycles. The number of methoxy groups -OCH3 is 1. The Bertz CT molecular complexity index is 1060. The largest absolute Gasteiger partial charge is 0.489 e. The van der Waals surface area contributed by atoms with Crippen LogP contribution in [0, 0.1) is 0 Å². The Kier molecular flexibility index (Phi) is 9.67. The van der Waals surface area contributed by atoms with E-state index in [0.29, 0.717) is 32.1 Å². The SMILES string of the molecule is CCC(COC)=C(COc1ccc(COc2ccc(CCC(=O)O)cc2)cn1)c1ccccc1. The van der Waals surface area contributed by atoms with Crippen molar-refractivity contribution in [3.8, 4) is 11.6 Å². The number of aliphatic carboxylic acids is 1. The number of benzene rings is 2. The molecule has 0 aliphatic heterocycles. The second kappa shape index (κ2) is 13.2. The molecule has 3 rings (SSSR count). The maximum Gasteiger partial charge on any atom is 0.303 e. The first kappa shape index (κ1) is 25.0. The van der Waals surface area contributed by atoms with Crippen LogP contribution in [0.15, 0.2) is 78.5 Å². The molecule has 0 amide bonds. The average molecular weight is 462 g/mol. The molecule has 0 aliphatic rings. The van der Waals surface area contributed by atoms with E-state index < -0.39 is 5.97 Å². The van der Waals surface area contributed by atoms with Crippen molar-refractivity contribution >= 4 is 11.5 Å². The molecule has 0 unspecified atom stereocenters. The van der Waals surface area contributed by atoms with Crippen molar-refractivity contribution in [2.75, 3.05) is 20.3 Å². The molecule has 0 spiro atoms. The fourth-order valence-corrected chi connectivity index (χ4v) is 3.50. The average Bonchev–Trinajstić information content (AvgIpc) is 2.87. The third-order valence-corrected chi connectivity index (χ3v) is 5.41. The summed E-state index contributed by atoms with van der Waals surface area (Å²) in [6.45, 7) is 3.47. The van der Waals surface area contributed by atoms with Gasteiger partial charge >= 0.3 is 5.97 Å². The molecule has 6 nitrogen and oxygen atoms in total. The van der Waals surface area contributed by atoms with Crippen molar-refractivity contribution in [1.82, 2.24) is 4.98 Å². The molecule has 1 aromatic heterocycles. The zero-order valence-corrected chi connectivity index (χ0v) is 19.7. The molecule has 3 aromatic rings. The number of rotatable bonds is 13. The lowest BCUT2D eigenvalue weighted by molar-refractivity contribution is -0.136. The Balaban J connectivity index is 1.57. The van der Waals surface area contributed by atoms with E-state index in [1.54, 1.807) is 13.3 Å². The van der Waals surface area contributed by atoms with Gasteiger partial charge < -0.3 is 19.3 Å². The Morgan fingerprint density at radius 2 is 1.65 bits per heavy atom. The van der Waals surface area contributed by atoms with Gasteiger partial charge in [0.1, 0.15) is 19.0 Å². The summed E-state index contributed by atoms with van der Waals surface area (Å²) in [6, 6.07) is 21.5. The number of aromatic nitrogens is 1. The third kappa shape index (κ3) is 7.74. The van der Waals surface area contributed by atoms with Gasteiger partial charge in [-0.15, -0.1) is 0 Å². The molecule has 1 heterocycles. The number of carboxylic acids is 1. The lowest BCUT2D eigenvalue weighted by atomic mass is 9.99.